The van der Waals surface area contributed by atoms with Gasteiger partial charge in [0.1, 0.15) is 12.4 Å². The summed E-state index contributed by atoms with van der Waals surface area (Å²) < 4.78 is 10.4. The quantitative estimate of drug-likeness (QED) is 0.773. The van der Waals surface area contributed by atoms with E-state index in [-0.39, 0.29) is 25.3 Å². The van der Waals surface area contributed by atoms with Gasteiger partial charge in [-0.05, 0) is 18.6 Å². The van der Waals surface area contributed by atoms with E-state index < -0.39 is 0 Å². The minimum absolute atomic E-state index is 0.0642. The summed E-state index contributed by atoms with van der Waals surface area (Å²) in [5.41, 5.74) is 0. The average molecular weight is 251 g/mol. The summed E-state index contributed by atoms with van der Waals surface area (Å²) in [6.45, 7) is 1.28. The number of para-hydroxylation sites is 1. The zero-order chi connectivity index (χ0) is 12.8. The molecule has 1 fully saturated rings. The zero-order valence-corrected chi connectivity index (χ0v) is 10.1. The molecule has 1 aromatic rings. The molecule has 1 aliphatic heterocycles. The Balaban J connectivity index is 1.70. The number of cyclic esters (lactones) is 1. The molecule has 5 heteroatoms. The average Bonchev–Trinajstić information content (AvgIpc) is 2.77. The number of aliphatic hydroxyl groups excluding tert-OH is 1. The van der Waals surface area contributed by atoms with Gasteiger partial charge in [-0.15, -0.1) is 0 Å². The number of nitrogens with zero attached hydrogens (tertiary/aromatic N) is 1. The van der Waals surface area contributed by atoms with Gasteiger partial charge in [0.25, 0.3) is 0 Å². The van der Waals surface area contributed by atoms with E-state index in [4.69, 9.17) is 14.6 Å². The van der Waals surface area contributed by atoms with E-state index in [2.05, 4.69) is 0 Å². The van der Waals surface area contributed by atoms with Gasteiger partial charge >= 0.3 is 6.09 Å². The molecule has 1 atom stereocenters. The molecule has 0 bridgehead atoms. The molecule has 1 saturated heterocycles. The third-order valence-electron chi connectivity index (χ3n) is 2.84. The number of carbonyl (C=O) groups is 1. The van der Waals surface area contributed by atoms with Gasteiger partial charge in [-0.2, -0.15) is 0 Å². The molecule has 18 heavy (non-hydrogen) atoms. The van der Waals surface area contributed by atoms with Crippen LogP contribution in [0.5, 0.6) is 5.75 Å². The number of benzene rings is 1. The van der Waals surface area contributed by atoms with E-state index in [9.17, 15) is 4.79 Å². The second kappa shape index (κ2) is 6.26. The van der Waals surface area contributed by atoms with Crippen LogP contribution in [0.3, 0.4) is 0 Å². The number of carbonyl (C=O) groups excluding carboxylic acids is 1. The summed E-state index contributed by atoms with van der Waals surface area (Å²) >= 11 is 0. The highest BCUT2D eigenvalue weighted by molar-refractivity contribution is 5.70. The zero-order valence-electron chi connectivity index (χ0n) is 10.1. The molecule has 98 valence electrons. The van der Waals surface area contributed by atoms with Crippen LogP contribution in [-0.4, -0.2) is 48.5 Å². The van der Waals surface area contributed by atoms with E-state index in [1.807, 2.05) is 30.3 Å². The van der Waals surface area contributed by atoms with E-state index in [1.165, 1.54) is 0 Å². The predicted octanol–water partition coefficient (Wildman–Crippen LogP) is 1.27. The van der Waals surface area contributed by atoms with Crippen molar-refractivity contribution in [3.8, 4) is 5.75 Å². The molecule has 0 spiro atoms. The third-order valence-corrected chi connectivity index (χ3v) is 2.84. The summed E-state index contributed by atoms with van der Waals surface area (Å²) in [5.74, 6) is 0.820. The van der Waals surface area contributed by atoms with Gasteiger partial charge in [-0.3, -0.25) is 4.90 Å². The largest absolute Gasteiger partial charge is 0.494 e. The lowest BCUT2D eigenvalue weighted by Crippen LogP contribution is -2.37. The van der Waals surface area contributed by atoms with Crippen LogP contribution < -0.4 is 4.74 Å². The molecule has 0 radical (unpaired) electrons. The van der Waals surface area contributed by atoms with Crippen LogP contribution in [0.1, 0.15) is 6.42 Å². The lowest BCUT2D eigenvalue weighted by atomic mass is 10.3. The summed E-state index contributed by atoms with van der Waals surface area (Å²) in [7, 11) is 0. The highest BCUT2D eigenvalue weighted by atomic mass is 16.6. The smallest absolute Gasteiger partial charge is 0.410 e. The first-order valence-corrected chi connectivity index (χ1v) is 6.03. The number of amides is 1. The normalized spacial score (nSPS) is 18.8. The Morgan fingerprint density at radius 3 is 2.89 bits per heavy atom. The predicted molar refractivity (Wildman–Crippen MR) is 65.5 cm³/mol. The highest BCUT2D eigenvalue weighted by Gasteiger charge is 2.31. The van der Waals surface area contributed by atoms with Gasteiger partial charge in [-0.1, -0.05) is 18.2 Å². The number of hydrogen-bond acceptors (Lipinski definition) is 4. The number of rotatable bonds is 6. The molecular formula is C13H17NO4. The highest BCUT2D eigenvalue weighted by Crippen LogP contribution is 2.13. The first kappa shape index (κ1) is 12.7. The van der Waals surface area contributed by atoms with Crippen molar-refractivity contribution in [1.29, 1.82) is 0 Å². The molecule has 1 aliphatic rings. The molecule has 1 amide bonds. The van der Waals surface area contributed by atoms with Gasteiger partial charge in [0.2, 0.25) is 0 Å². The third kappa shape index (κ3) is 3.13. The molecule has 1 heterocycles. The van der Waals surface area contributed by atoms with Crippen LogP contribution in [0.2, 0.25) is 0 Å². The number of hydrogen-bond donors (Lipinski definition) is 1. The molecule has 5 nitrogen and oxygen atoms in total. The first-order valence-electron chi connectivity index (χ1n) is 6.03. The molecule has 0 unspecified atom stereocenters. The summed E-state index contributed by atoms with van der Waals surface area (Å²) in [5, 5.41) is 9.08. The Bertz CT molecular complexity index is 382. The fraction of sp³-hybridized carbons (Fsp3) is 0.462. The molecule has 0 aromatic heterocycles. The van der Waals surface area contributed by atoms with Crippen molar-refractivity contribution < 1.29 is 19.4 Å². The lowest BCUT2D eigenvalue weighted by Gasteiger charge is -2.19. The fourth-order valence-electron chi connectivity index (χ4n) is 1.86. The van der Waals surface area contributed by atoms with Crippen molar-refractivity contribution in [3.05, 3.63) is 30.3 Å². The van der Waals surface area contributed by atoms with E-state index >= 15 is 0 Å². The molecule has 1 N–H and O–H groups in total. The first-order chi connectivity index (χ1) is 8.81. The van der Waals surface area contributed by atoms with Gasteiger partial charge < -0.3 is 14.6 Å². The Morgan fingerprint density at radius 1 is 1.39 bits per heavy atom. The molecular weight excluding hydrogens is 234 g/mol. The second-order valence-electron chi connectivity index (χ2n) is 4.12. The summed E-state index contributed by atoms with van der Waals surface area (Å²) in [6.07, 6.45) is 0.356. The SMILES string of the molecule is O=C1OC[C@@H](CO)N1CCCOc1ccccc1. The maximum absolute atomic E-state index is 11.4. The standard InChI is InChI=1S/C13H17NO4/c15-9-11-10-18-13(16)14(11)7-4-8-17-12-5-2-1-3-6-12/h1-3,5-6,11,15H,4,7-10H2/t11-/m1/s1. The maximum atomic E-state index is 11.4. The maximum Gasteiger partial charge on any atom is 0.410 e. The summed E-state index contributed by atoms with van der Waals surface area (Å²) in [4.78, 5) is 12.9. The Labute approximate surface area is 106 Å². The van der Waals surface area contributed by atoms with Crippen molar-refractivity contribution in [2.75, 3.05) is 26.4 Å². The van der Waals surface area contributed by atoms with Crippen molar-refractivity contribution in [1.82, 2.24) is 4.90 Å². The molecule has 2 rings (SSSR count). The fourth-order valence-corrected chi connectivity index (χ4v) is 1.86. The number of ether oxygens (including phenoxy) is 2. The van der Waals surface area contributed by atoms with Crippen LogP contribution in [-0.2, 0) is 4.74 Å². The van der Waals surface area contributed by atoms with Crippen molar-refractivity contribution >= 4 is 6.09 Å². The Kier molecular flexibility index (Phi) is 4.41. The minimum Gasteiger partial charge on any atom is -0.494 e. The van der Waals surface area contributed by atoms with Crippen molar-refractivity contribution in [2.45, 2.75) is 12.5 Å². The van der Waals surface area contributed by atoms with Gasteiger partial charge in [-0.25, -0.2) is 4.79 Å². The molecule has 0 saturated carbocycles. The molecule has 1 aromatic carbocycles. The van der Waals surface area contributed by atoms with Gasteiger partial charge in [0.05, 0.1) is 19.3 Å². The van der Waals surface area contributed by atoms with E-state index in [0.717, 1.165) is 5.75 Å². The van der Waals surface area contributed by atoms with Gasteiger partial charge in [0, 0.05) is 6.54 Å². The second-order valence-corrected chi connectivity index (χ2v) is 4.12. The van der Waals surface area contributed by atoms with Crippen molar-refractivity contribution in [2.24, 2.45) is 0 Å². The number of aliphatic hydroxyl groups is 1. The molecule has 0 aliphatic carbocycles. The monoisotopic (exact) mass is 251 g/mol. The van der Waals surface area contributed by atoms with Crippen LogP contribution in [0, 0.1) is 0 Å². The van der Waals surface area contributed by atoms with Crippen LogP contribution in [0.25, 0.3) is 0 Å². The van der Waals surface area contributed by atoms with E-state index in [0.29, 0.717) is 19.6 Å². The lowest BCUT2D eigenvalue weighted by molar-refractivity contribution is 0.149. The van der Waals surface area contributed by atoms with Crippen LogP contribution in [0.4, 0.5) is 4.79 Å². The van der Waals surface area contributed by atoms with E-state index in [1.54, 1.807) is 4.90 Å². The minimum atomic E-state index is -0.353. The van der Waals surface area contributed by atoms with Crippen LogP contribution >= 0.6 is 0 Å². The van der Waals surface area contributed by atoms with Crippen molar-refractivity contribution in [3.63, 3.8) is 0 Å². The van der Waals surface area contributed by atoms with Gasteiger partial charge in [0.15, 0.2) is 0 Å². The van der Waals surface area contributed by atoms with Crippen LogP contribution in [0.15, 0.2) is 30.3 Å². The topological polar surface area (TPSA) is 59.0 Å². The summed E-state index contributed by atoms with van der Waals surface area (Å²) in [6, 6.07) is 9.32. The Hall–Kier alpha value is -1.75. The Morgan fingerprint density at radius 2 is 2.17 bits per heavy atom.